The normalized spacial score (nSPS) is 29.0. The summed E-state index contributed by atoms with van der Waals surface area (Å²) in [5, 5.41) is 59.1. The van der Waals surface area contributed by atoms with Gasteiger partial charge in [0.25, 0.3) is 0 Å². The van der Waals surface area contributed by atoms with Gasteiger partial charge in [-0.15, -0.1) is 0 Å². The van der Waals surface area contributed by atoms with Crippen LogP contribution in [0.4, 0.5) is 0 Å². The number of hydrogen-bond donors (Lipinski definition) is 6. The second-order valence-electron chi connectivity index (χ2n) is 7.17. The molecule has 0 heterocycles. The zero-order valence-corrected chi connectivity index (χ0v) is 14.7. The Labute approximate surface area is 151 Å². The minimum absolute atomic E-state index is 0.0180. The van der Waals surface area contributed by atoms with Crippen molar-refractivity contribution in [1.82, 2.24) is 0 Å². The Morgan fingerprint density at radius 1 is 1.15 bits per heavy atom. The molecule has 0 unspecified atom stereocenters. The molecule has 6 N–H and O–H groups in total. The van der Waals surface area contributed by atoms with Gasteiger partial charge in [-0.1, -0.05) is 13.8 Å². The number of ether oxygens (including phenoxy) is 1. The summed E-state index contributed by atoms with van der Waals surface area (Å²) in [5.74, 6) is -1.99. The molecule has 1 aliphatic rings. The third-order valence-electron chi connectivity index (χ3n) is 4.55. The molecule has 2 rings (SSSR count). The van der Waals surface area contributed by atoms with Gasteiger partial charge in [0.05, 0.1) is 6.10 Å². The van der Waals surface area contributed by atoms with Gasteiger partial charge in [-0.25, -0.2) is 0 Å². The van der Waals surface area contributed by atoms with Gasteiger partial charge >= 0.3 is 0 Å². The van der Waals surface area contributed by atoms with Crippen LogP contribution in [0.5, 0.6) is 17.2 Å². The first-order valence-electron chi connectivity index (χ1n) is 8.56. The molecule has 0 bridgehead atoms. The molecule has 1 aliphatic carbocycles. The zero-order chi connectivity index (χ0) is 19.6. The van der Waals surface area contributed by atoms with E-state index >= 15 is 0 Å². The van der Waals surface area contributed by atoms with Crippen molar-refractivity contribution in [3.05, 3.63) is 17.7 Å². The minimum atomic E-state index is -1.54. The Bertz CT molecular complexity index is 642. The number of aliphatic hydroxyl groups is 4. The van der Waals surface area contributed by atoms with E-state index in [9.17, 15) is 35.4 Å². The molecule has 26 heavy (non-hydrogen) atoms. The monoisotopic (exact) mass is 370 g/mol. The Morgan fingerprint density at radius 3 is 2.38 bits per heavy atom. The molecule has 8 heteroatoms. The van der Waals surface area contributed by atoms with Gasteiger partial charge in [0.15, 0.2) is 5.78 Å². The first-order chi connectivity index (χ1) is 12.1. The Balaban J connectivity index is 2.34. The number of aromatic hydroxyl groups is 2. The van der Waals surface area contributed by atoms with Crippen LogP contribution in [-0.2, 0) is 0 Å². The smallest absolute Gasteiger partial charge is 0.170 e. The van der Waals surface area contributed by atoms with Crippen molar-refractivity contribution in [2.24, 2.45) is 11.8 Å². The van der Waals surface area contributed by atoms with Crippen LogP contribution < -0.4 is 4.74 Å². The predicted octanol–water partition coefficient (Wildman–Crippen LogP) is 0.169. The Hall–Kier alpha value is -1.87. The Morgan fingerprint density at radius 2 is 1.81 bits per heavy atom. The molecule has 1 saturated carbocycles. The van der Waals surface area contributed by atoms with Gasteiger partial charge in [-0.2, -0.15) is 0 Å². The largest absolute Gasteiger partial charge is 0.508 e. The first-order valence-corrected chi connectivity index (χ1v) is 8.56. The maximum atomic E-state index is 12.5. The minimum Gasteiger partial charge on any atom is -0.508 e. The summed E-state index contributed by atoms with van der Waals surface area (Å²) in [6.07, 6.45) is -5.20. The molecule has 0 aliphatic heterocycles. The van der Waals surface area contributed by atoms with Gasteiger partial charge in [-0.3, -0.25) is 4.79 Å². The molecule has 0 radical (unpaired) electrons. The summed E-state index contributed by atoms with van der Waals surface area (Å²) < 4.78 is 5.64. The lowest BCUT2D eigenvalue weighted by Gasteiger charge is -2.39. The molecule has 1 aromatic carbocycles. The van der Waals surface area contributed by atoms with Crippen molar-refractivity contribution in [3.8, 4) is 17.2 Å². The average molecular weight is 370 g/mol. The molecule has 146 valence electrons. The molecule has 5 atom stereocenters. The maximum Gasteiger partial charge on any atom is 0.170 e. The summed E-state index contributed by atoms with van der Waals surface area (Å²) in [6.45, 7) is 3.25. The number of benzene rings is 1. The van der Waals surface area contributed by atoms with E-state index in [2.05, 4.69) is 0 Å². The highest BCUT2D eigenvalue weighted by atomic mass is 16.5. The predicted molar refractivity (Wildman–Crippen MR) is 91.2 cm³/mol. The highest BCUT2D eigenvalue weighted by Crippen LogP contribution is 2.37. The summed E-state index contributed by atoms with van der Waals surface area (Å²) in [5.41, 5.74) is -0.120. The summed E-state index contributed by atoms with van der Waals surface area (Å²) in [7, 11) is 0. The molecular weight excluding hydrogens is 344 g/mol. The highest BCUT2D eigenvalue weighted by Gasteiger charge is 2.44. The fraction of sp³-hybridized carbons (Fsp3) is 0.611. The molecule has 1 aromatic rings. The number of hydrogen-bond acceptors (Lipinski definition) is 8. The van der Waals surface area contributed by atoms with Crippen molar-refractivity contribution in [2.75, 3.05) is 6.61 Å². The number of carbonyl (C=O) groups is 1. The van der Waals surface area contributed by atoms with Crippen molar-refractivity contribution in [2.45, 2.75) is 51.1 Å². The van der Waals surface area contributed by atoms with Gasteiger partial charge < -0.3 is 35.4 Å². The molecule has 0 aromatic heterocycles. The number of Topliss-reactive ketones (excluding diaryl/α,β-unsaturated/α-hetero) is 1. The van der Waals surface area contributed by atoms with Crippen LogP contribution in [0.3, 0.4) is 0 Å². The van der Waals surface area contributed by atoms with Crippen LogP contribution >= 0.6 is 0 Å². The lowest BCUT2D eigenvalue weighted by Crippen LogP contribution is -2.56. The fourth-order valence-electron chi connectivity index (χ4n) is 3.17. The van der Waals surface area contributed by atoms with E-state index in [-0.39, 0.29) is 35.8 Å². The van der Waals surface area contributed by atoms with E-state index in [1.54, 1.807) is 0 Å². The summed E-state index contributed by atoms with van der Waals surface area (Å²) in [4.78, 5) is 12.5. The molecule has 0 saturated heterocycles. The van der Waals surface area contributed by atoms with Gasteiger partial charge in [0, 0.05) is 31.1 Å². The SMILES string of the molecule is CC(C)CC(=O)c1c(O)cc(O)cc1O[C@@H]1C[C@H](CO)[C@@H](O)[C@H](O)[C@H]1O. The lowest BCUT2D eigenvalue weighted by atomic mass is 9.81. The fourth-order valence-corrected chi connectivity index (χ4v) is 3.17. The molecule has 0 amide bonds. The van der Waals surface area contributed by atoms with Crippen molar-refractivity contribution < 1.29 is 40.2 Å². The molecule has 8 nitrogen and oxygen atoms in total. The van der Waals surface area contributed by atoms with Gasteiger partial charge in [0.2, 0.25) is 0 Å². The third kappa shape index (κ3) is 4.27. The van der Waals surface area contributed by atoms with Crippen LogP contribution in [0.25, 0.3) is 0 Å². The van der Waals surface area contributed by atoms with Gasteiger partial charge in [0.1, 0.15) is 41.1 Å². The number of rotatable bonds is 6. The van der Waals surface area contributed by atoms with E-state index in [4.69, 9.17) is 4.74 Å². The molecular formula is C18H26O8. The van der Waals surface area contributed by atoms with E-state index < -0.39 is 48.5 Å². The quantitative estimate of drug-likeness (QED) is 0.388. The van der Waals surface area contributed by atoms with Crippen LogP contribution in [-0.4, -0.2) is 67.4 Å². The van der Waals surface area contributed by atoms with Crippen molar-refractivity contribution in [3.63, 3.8) is 0 Å². The highest BCUT2D eigenvalue weighted by molar-refractivity contribution is 6.01. The van der Waals surface area contributed by atoms with Gasteiger partial charge in [-0.05, 0) is 12.3 Å². The second-order valence-corrected chi connectivity index (χ2v) is 7.17. The van der Waals surface area contributed by atoms with E-state index in [0.717, 1.165) is 12.1 Å². The van der Waals surface area contributed by atoms with Crippen LogP contribution in [0.1, 0.15) is 37.0 Å². The lowest BCUT2D eigenvalue weighted by molar-refractivity contribution is -0.157. The summed E-state index contributed by atoms with van der Waals surface area (Å²) >= 11 is 0. The van der Waals surface area contributed by atoms with Crippen molar-refractivity contribution in [1.29, 1.82) is 0 Å². The average Bonchev–Trinajstić information content (AvgIpc) is 2.54. The van der Waals surface area contributed by atoms with E-state index in [1.165, 1.54) is 0 Å². The van der Waals surface area contributed by atoms with Crippen LogP contribution in [0.15, 0.2) is 12.1 Å². The number of carbonyl (C=O) groups excluding carboxylic acids is 1. The standard InChI is InChI=1S/C18H26O8/c1-8(2)3-11(21)15-12(22)5-10(20)6-13(15)26-14-4-9(7-19)16(23)18(25)17(14)24/h5-6,8-9,14,16-20,22-25H,3-4,7H2,1-2H3/t9-,14-,16-,17+,18+/m1/s1. The number of ketones is 1. The Kier molecular flexibility index (Phi) is 6.46. The topological polar surface area (TPSA) is 148 Å². The van der Waals surface area contributed by atoms with Crippen LogP contribution in [0, 0.1) is 11.8 Å². The molecule has 1 fully saturated rings. The third-order valence-corrected chi connectivity index (χ3v) is 4.55. The second kappa shape index (κ2) is 8.22. The van der Waals surface area contributed by atoms with E-state index in [1.807, 2.05) is 13.8 Å². The van der Waals surface area contributed by atoms with Crippen molar-refractivity contribution >= 4 is 5.78 Å². The van der Waals surface area contributed by atoms with Crippen LogP contribution in [0.2, 0.25) is 0 Å². The molecule has 0 spiro atoms. The number of phenols is 2. The maximum absolute atomic E-state index is 12.5. The first kappa shape index (κ1) is 20.4. The number of phenolic OH excluding ortho intramolecular Hbond substituents is 2. The summed E-state index contributed by atoms with van der Waals surface area (Å²) in [6, 6.07) is 2.16. The van der Waals surface area contributed by atoms with E-state index in [0.29, 0.717) is 0 Å². The number of aliphatic hydroxyl groups excluding tert-OH is 4. The zero-order valence-electron chi connectivity index (χ0n) is 14.7.